The van der Waals surface area contributed by atoms with E-state index in [2.05, 4.69) is 263 Å². The van der Waals surface area contributed by atoms with E-state index in [1.807, 2.05) is 140 Å². The van der Waals surface area contributed by atoms with Gasteiger partial charge in [-0.05, 0) is 149 Å². The van der Waals surface area contributed by atoms with Gasteiger partial charge in [-0.25, -0.2) is 0 Å². The number of fused-ring (bicyclic) bond motifs is 3. The zero-order valence-electron chi connectivity index (χ0n) is 52.8. The number of nitrogens with zero attached hydrogens (tertiary/aromatic N) is 6. The number of pyridine rings is 2. The molecule has 15 aromatic rings. The van der Waals surface area contributed by atoms with Crippen LogP contribution in [-0.4, -0.2) is 19.5 Å². The molecule has 0 fully saturated rings. The molecule has 9 heteroatoms. The Hall–Kier alpha value is -10.0. The van der Waals surface area contributed by atoms with Crippen LogP contribution < -0.4 is 9.80 Å². The number of aryl methyl sites for hydroxylation is 3. The Labute approximate surface area is 598 Å². The van der Waals surface area contributed by atoms with Crippen molar-refractivity contribution >= 4 is 78.6 Å². The Morgan fingerprint density at radius 2 is 0.821 bits per heavy atom. The standard InChI is InChI=1S/C42H32N2.C18H17N2.C15H10N.C11H8N.3Ir/c1-3-31-13-9-19-37(29-31)43(41-23-11-17-33-15-5-7-21-39(33)41)35-25-27-36(28-26-35)44(38-20-10-14-32(4-2)30-38)42-24-12-18-34-16-6-8-22-40(34)42;1-13-11-14(2)17(15(3)12-13)20-10-9-19-18(20)16-7-5-4-6-8-16;1-2-7-13(8-3-1)15-14-9-5-4-6-12(14)10-11-16-15;1-2-6-10(7-3-1)11-8-4-5-9-12-11;;;/h3-30H,1-2H2;4-7,9-12H,1-3H3;1-7,9-11H;1-6,8-9H;;;/q;3*-1;;;. The van der Waals surface area contributed by atoms with Gasteiger partial charge in [0.25, 0.3) is 0 Å². The molecule has 0 unspecified atom stereocenters. The minimum absolute atomic E-state index is 0. The molecular formula is C86H67Ir3N6-3. The van der Waals surface area contributed by atoms with Crippen molar-refractivity contribution < 1.29 is 60.3 Å². The summed E-state index contributed by atoms with van der Waals surface area (Å²) in [5.74, 6) is 0.931. The van der Waals surface area contributed by atoms with Crippen molar-refractivity contribution in [2.75, 3.05) is 9.80 Å². The molecule has 95 heavy (non-hydrogen) atoms. The summed E-state index contributed by atoms with van der Waals surface area (Å²) in [6.07, 6.45) is 11.3. The van der Waals surface area contributed by atoms with Crippen LogP contribution in [0.5, 0.6) is 0 Å². The van der Waals surface area contributed by atoms with Gasteiger partial charge in [-0.3, -0.25) is 4.98 Å². The molecule has 12 aromatic carbocycles. The van der Waals surface area contributed by atoms with Gasteiger partial charge in [0.2, 0.25) is 0 Å². The molecule has 6 nitrogen and oxygen atoms in total. The Kier molecular flexibility index (Phi) is 24.6. The Balaban J connectivity index is 0.000000171. The fraction of sp³-hybridized carbons (Fsp3) is 0.0349. The van der Waals surface area contributed by atoms with E-state index in [0.29, 0.717) is 0 Å². The molecule has 0 aliphatic carbocycles. The summed E-state index contributed by atoms with van der Waals surface area (Å²) in [5.41, 5.74) is 18.8. The molecule has 0 aliphatic rings. The minimum atomic E-state index is 0. The van der Waals surface area contributed by atoms with Crippen LogP contribution >= 0.6 is 0 Å². The number of anilines is 6. The molecule has 3 aromatic heterocycles. The zero-order valence-corrected chi connectivity index (χ0v) is 60.0. The van der Waals surface area contributed by atoms with E-state index in [0.717, 1.165) is 79.2 Å². The Bertz CT molecular complexity index is 4730. The average Bonchev–Trinajstić information content (AvgIpc) is 1.41. The average molecular weight is 1760 g/mol. The second-order valence-electron chi connectivity index (χ2n) is 22.1. The first-order valence-corrected chi connectivity index (χ1v) is 30.7. The topological polar surface area (TPSA) is 50.1 Å². The van der Waals surface area contributed by atoms with Gasteiger partial charge in [-0.15, -0.1) is 108 Å². The smallest absolute Gasteiger partial charge is 0.0602 e. The molecule has 0 saturated carbocycles. The van der Waals surface area contributed by atoms with Crippen molar-refractivity contribution in [3.63, 3.8) is 0 Å². The van der Waals surface area contributed by atoms with Crippen LogP contribution in [-0.2, 0) is 60.3 Å². The summed E-state index contributed by atoms with van der Waals surface area (Å²) in [6.45, 7) is 14.5. The first kappa shape index (κ1) is 69.3. The van der Waals surface area contributed by atoms with Gasteiger partial charge in [0.15, 0.2) is 0 Å². The van der Waals surface area contributed by atoms with Crippen molar-refractivity contribution in [2.24, 2.45) is 0 Å². The summed E-state index contributed by atoms with van der Waals surface area (Å²) in [6, 6.07) is 110. The van der Waals surface area contributed by atoms with E-state index < -0.39 is 0 Å². The maximum atomic E-state index is 4.50. The number of hydrogen-bond acceptors (Lipinski definition) is 5. The van der Waals surface area contributed by atoms with E-state index >= 15 is 0 Å². The maximum Gasteiger partial charge on any atom is 0.0602 e. The number of rotatable bonds is 12. The molecule has 15 rings (SSSR count). The van der Waals surface area contributed by atoms with E-state index in [4.69, 9.17) is 0 Å². The molecule has 0 spiro atoms. The molecule has 0 N–H and O–H groups in total. The van der Waals surface area contributed by atoms with Crippen LogP contribution in [0.1, 0.15) is 27.8 Å². The maximum absolute atomic E-state index is 4.50. The van der Waals surface area contributed by atoms with Gasteiger partial charge in [-0.2, -0.15) is 0 Å². The SMILES string of the molecule is C=Cc1cccc(N(c2ccc(N(c3cccc(C=C)c3)c3cccc4ccccc34)cc2)c2cccc3ccccc23)c1.Cc1cc(C)c(-n2ccnc2-c2[c-]cccc2)c(C)c1.[Ir].[Ir].[Ir].[c-]1ccccc1-c1ccccn1.[c-]1ccccc1-c1nccc2ccccc12. The summed E-state index contributed by atoms with van der Waals surface area (Å²) in [5, 5.41) is 7.19. The van der Waals surface area contributed by atoms with E-state index in [1.165, 1.54) is 54.7 Å². The summed E-state index contributed by atoms with van der Waals surface area (Å²) in [4.78, 5) is 17.8. The number of imidazole rings is 1. The van der Waals surface area contributed by atoms with Gasteiger partial charge in [-0.1, -0.05) is 176 Å². The van der Waals surface area contributed by atoms with Crippen molar-refractivity contribution in [1.82, 2.24) is 19.5 Å². The predicted molar refractivity (Wildman–Crippen MR) is 388 cm³/mol. The molecule has 0 saturated heterocycles. The van der Waals surface area contributed by atoms with Gasteiger partial charge in [0.1, 0.15) is 0 Å². The fourth-order valence-electron chi connectivity index (χ4n) is 11.7. The van der Waals surface area contributed by atoms with Gasteiger partial charge >= 0.3 is 0 Å². The number of benzene rings is 12. The van der Waals surface area contributed by atoms with Crippen molar-refractivity contribution in [3.05, 3.63) is 375 Å². The van der Waals surface area contributed by atoms with E-state index in [1.54, 1.807) is 6.20 Å². The summed E-state index contributed by atoms with van der Waals surface area (Å²) < 4.78 is 2.15. The van der Waals surface area contributed by atoms with Crippen LogP contribution in [0, 0.1) is 39.0 Å². The molecule has 471 valence electrons. The van der Waals surface area contributed by atoms with Crippen LogP contribution in [0.25, 0.3) is 84.1 Å². The number of hydrogen-bond donors (Lipinski definition) is 0. The number of aromatic nitrogens is 4. The third-order valence-corrected chi connectivity index (χ3v) is 15.9. The quantitative estimate of drug-likeness (QED) is 0.114. The minimum Gasteiger partial charge on any atom is -0.340 e. The Morgan fingerprint density at radius 3 is 1.32 bits per heavy atom. The van der Waals surface area contributed by atoms with Gasteiger partial charge < -0.3 is 24.3 Å². The molecule has 0 atom stereocenters. The summed E-state index contributed by atoms with van der Waals surface area (Å²) >= 11 is 0. The van der Waals surface area contributed by atoms with Gasteiger partial charge in [0, 0.05) is 124 Å². The molecule has 0 bridgehead atoms. The zero-order chi connectivity index (χ0) is 63.0. The van der Waals surface area contributed by atoms with E-state index in [9.17, 15) is 0 Å². The first-order valence-electron chi connectivity index (χ1n) is 30.7. The molecule has 0 amide bonds. The van der Waals surface area contributed by atoms with Crippen LogP contribution in [0.15, 0.2) is 329 Å². The van der Waals surface area contributed by atoms with Crippen molar-refractivity contribution in [1.29, 1.82) is 0 Å². The summed E-state index contributed by atoms with van der Waals surface area (Å²) in [7, 11) is 0. The third-order valence-electron chi connectivity index (χ3n) is 15.9. The second kappa shape index (κ2) is 33.7. The van der Waals surface area contributed by atoms with Crippen LogP contribution in [0.3, 0.4) is 0 Å². The Morgan fingerprint density at radius 1 is 0.368 bits per heavy atom. The predicted octanol–water partition coefficient (Wildman–Crippen LogP) is 22.7. The van der Waals surface area contributed by atoms with Crippen molar-refractivity contribution in [3.8, 4) is 39.6 Å². The van der Waals surface area contributed by atoms with Crippen molar-refractivity contribution in [2.45, 2.75) is 20.8 Å². The fourth-order valence-corrected chi connectivity index (χ4v) is 11.7. The van der Waals surface area contributed by atoms with Crippen LogP contribution in [0.4, 0.5) is 34.1 Å². The third kappa shape index (κ3) is 16.5. The van der Waals surface area contributed by atoms with Gasteiger partial charge in [0.05, 0.1) is 17.2 Å². The molecule has 3 heterocycles. The van der Waals surface area contributed by atoms with E-state index in [-0.39, 0.29) is 60.3 Å². The largest absolute Gasteiger partial charge is 0.340 e. The molecule has 3 radical (unpaired) electrons. The monoisotopic (exact) mass is 1760 g/mol. The molecule has 0 aliphatic heterocycles. The molecular weight excluding hydrogens is 1690 g/mol. The second-order valence-corrected chi connectivity index (χ2v) is 22.1. The normalized spacial score (nSPS) is 10.3. The first-order chi connectivity index (χ1) is 45.3. The van der Waals surface area contributed by atoms with Crippen LogP contribution in [0.2, 0.25) is 0 Å².